The number of rotatable bonds is 9. The van der Waals surface area contributed by atoms with Crippen LogP contribution in [0.15, 0.2) is 0 Å². The summed E-state index contributed by atoms with van der Waals surface area (Å²) < 4.78 is 0. The first-order chi connectivity index (χ1) is 8.82. The highest BCUT2D eigenvalue weighted by atomic mass is 16.2. The highest BCUT2D eigenvalue weighted by Gasteiger charge is 2.11. The van der Waals surface area contributed by atoms with Crippen molar-refractivity contribution in [2.75, 3.05) is 19.6 Å². The lowest BCUT2D eigenvalue weighted by molar-refractivity contribution is -0.129. The molecule has 112 valence electrons. The number of amides is 2. The van der Waals surface area contributed by atoms with Crippen LogP contribution in [0.4, 0.5) is 0 Å². The molecule has 0 aliphatic heterocycles. The van der Waals surface area contributed by atoms with Crippen LogP contribution in [0, 0.1) is 11.8 Å². The molecule has 0 aromatic carbocycles. The predicted octanol–water partition coefficient (Wildman–Crippen LogP) is 2.43. The summed E-state index contributed by atoms with van der Waals surface area (Å²) in [6.45, 7) is 12.1. The molecule has 1 N–H and O–H groups in total. The van der Waals surface area contributed by atoms with Crippen LogP contribution in [-0.2, 0) is 9.59 Å². The van der Waals surface area contributed by atoms with Gasteiger partial charge in [0.05, 0.1) is 0 Å². The fourth-order valence-corrected chi connectivity index (χ4v) is 1.67. The summed E-state index contributed by atoms with van der Waals surface area (Å²) >= 11 is 0. The maximum atomic E-state index is 11.6. The van der Waals surface area contributed by atoms with E-state index in [1.807, 2.05) is 0 Å². The van der Waals surface area contributed by atoms with E-state index in [4.69, 9.17) is 0 Å². The van der Waals surface area contributed by atoms with Gasteiger partial charge in [-0.1, -0.05) is 27.7 Å². The summed E-state index contributed by atoms with van der Waals surface area (Å²) in [7, 11) is 0. The van der Waals surface area contributed by atoms with E-state index in [1.165, 1.54) is 0 Å². The normalized spacial score (nSPS) is 10.9. The Kier molecular flexibility index (Phi) is 9.27. The zero-order valence-electron chi connectivity index (χ0n) is 13.2. The summed E-state index contributed by atoms with van der Waals surface area (Å²) in [5.41, 5.74) is 0. The van der Waals surface area contributed by atoms with Crippen molar-refractivity contribution in [1.82, 2.24) is 10.2 Å². The van der Waals surface area contributed by atoms with Crippen molar-refractivity contribution >= 4 is 11.8 Å². The molecule has 0 bridgehead atoms. The number of nitrogens with zero attached hydrogens (tertiary/aromatic N) is 1. The van der Waals surface area contributed by atoms with Crippen LogP contribution in [0.1, 0.15) is 53.9 Å². The number of carbonyl (C=O) groups excluding carboxylic acids is 2. The Hall–Kier alpha value is -1.06. The zero-order chi connectivity index (χ0) is 14.8. The minimum Gasteiger partial charge on any atom is -0.356 e. The maximum Gasteiger partial charge on any atom is 0.221 e. The molecule has 0 atom stereocenters. The van der Waals surface area contributed by atoms with Gasteiger partial charge < -0.3 is 10.2 Å². The van der Waals surface area contributed by atoms with Gasteiger partial charge in [-0.25, -0.2) is 0 Å². The van der Waals surface area contributed by atoms with Crippen molar-refractivity contribution < 1.29 is 9.59 Å². The van der Waals surface area contributed by atoms with Crippen molar-refractivity contribution in [1.29, 1.82) is 0 Å². The van der Waals surface area contributed by atoms with E-state index in [0.29, 0.717) is 24.8 Å². The summed E-state index contributed by atoms with van der Waals surface area (Å²) in [6, 6.07) is 0. The van der Waals surface area contributed by atoms with Crippen LogP contribution in [0.5, 0.6) is 0 Å². The van der Waals surface area contributed by atoms with Crippen molar-refractivity contribution in [2.45, 2.75) is 53.9 Å². The summed E-state index contributed by atoms with van der Waals surface area (Å²) in [4.78, 5) is 24.9. The zero-order valence-corrected chi connectivity index (χ0v) is 13.2. The molecule has 4 heteroatoms. The summed E-state index contributed by atoms with van der Waals surface area (Å²) in [5.74, 6) is 1.26. The molecule has 0 unspecified atom stereocenters. The fraction of sp³-hybridized carbons (Fsp3) is 0.867. The van der Waals surface area contributed by atoms with Crippen LogP contribution >= 0.6 is 0 Å². The summed E-state index contributed by atoms with van der Waals surface area (Å²) in [5, 5.41) is 2.90. The Bertz CT molecular complexity index is 275. The van der Waals surface area contributed by atoms with Crippen LogP contribution in [0.3, 0.4) is 0 Å². The Morgan fingerprint density at radius 2 is 1.58 bits per heavy atom. The second-order valence-electron chi connectivity index (χ2n) is 5.97. The van der Waals surface area contributed by atoms with E-state index < -0.39 is 0 Å². The van der Waals surface area contributed by atoms with Gasteiger partial charge in [-0.3, -0.25) is 9.59 Å². The van der Waals surface area contributed by atoms with Gasteiger partial charge in [-0.15, -0.1) is 0 Å². The molecule has 0 saturated carbocycles. The van der Waals surface area contributed by atoms with E-state index in [9.17, 15) is 9.59 Å². The van der Waals surface area contributed by atoms with Crippen LogP contribution in [0.2, 0.25) is 0 Å². The molecule has 0 aromatic heterocycles. The standard InChI is InChI=1S/C15H30N2O2/c1-12(2)6-9-16-15(19)8-11-17(14(5)18)10-7-13(3)4/h12-13H,6-11H2,1-5H3,(H,16,19). The van der Waals surface area contributed by atoms with E-state index in [0.717, 1.165) is 25.9 Å². The van der Waals surface area contributed by atoms with Crippen LogP contribution in [-0.4, -0.2) is 36.3 Å². The minimum absolute atomic E-state index is 0.0384. The molecule has 0 saturated heterocycles. The largest absolute Gasteiger partial charge is 0.356 e. The first kappa shape index (κ1) is 17.9. The topological polar surface area (TPSA) is 49.4 Å². The monoisotopic (exact) mass is 270 g/mol. The molecular formula is C15H30N2O2. The Labute approximate surface area is 117 Å². The van der Waals surface area contributed by atoms with Gasteiger partial charge in [-0.05, 0) is 24.7 Å². The van der Waals surface area contributed by atoms with Gasteiger partial charge in [0.2, 0.25) is 11.8 Å². The van der Waals surface area contributed by atoms with Gasteiger partial charge in [0.25, 0.3) is 0 Å². The smallest absolute Gasteiger partial charge is 0.221 e. The Balaban J connectivity index is 3.90. The Morgan fingerprint density at radius 3 is 2.05 bits per heavy atom. The molecule has 0 radical (unpaired) electrons. The third-order valence-corrected chi connectivity index (χ3v) is 3.07. The van der Waals surface area contributed by atoms with E-state index >= 15 is 0 Å². The number of hydrogen-bond acceptors (Lipinski definition) is 2. The average Bonchev–Trinajstić information content (AvgIpc) is 2.27. The van der Waals surface area contributed by atoms with Crippen LogP contribution < -0.4 is 5.32 Å². The highest BCUT2D eigenvalue weighted by molar-refractivity contribution is 5.77. The number of nitrogens with one attached hydrogen (secondary N) is 1. The van der Waals surface area contributed by atoms with Gasteiger partial charge in [0.15, 0.2) is 0 Å². The molecule has 0 aliphatic carbocycles. The van der Waals surface area contributed by atoms with Gasteiger partial charge in [-0.2, -0.15) is 0 Å². The molecular weight excluding hydrogens is 240 g/mol. The molecule has 4 nitrogen and oxygen atoms in total. The number of hydrogen-bond donors (Lipinski definition) is 1. The maximum absolute atomic E-state index is 11.6. The van der Waals surface area contributed by atoms with Crippen LogP contribution in [0.25, 0.3) is 0 Å². The third-order valence-electron chi connectivity index (χ3n) is 3.07. The lowest BCUT2D eigenvalue weighted by Crippen LogP contribution is -2.35. The quantitative estimate of drug-likeness (QED) is 0.699. The lowest BCUT2D eigenvalue weighted by atomic mass is 10.1. The van der Waals surface area contributed by atoms with Gasteiger partial charge in [0.1, 0.15) is 0 Å². The van der Waals surface area contributed by atoms with Crippen molar-refractivity contribution in [3.05, 3.63) is 0 Å². The third kappa shape index (κ3) is 10.5. The molecule has 0 aliphatic rings. The molecule has 0 heterocycles. The second-order valence-corrected chi connectivity index (χ2v) is 5.97. The first-order valence-corrected chi connectivity index (χ1v) is 7.35. The highest BCUT2D eigenvalue weighted by Crippen LogP contribution is 2.03. The summed E-state index contributed by atoms with van der Waals surface area (Å²) in [6.07, 6.45) is 2.37. The van der Waals surface area contributed by atoms with Gasteiger partial charge >= 0.3 is 0 Å². The molecule has 0 spiro atoms. The molecule has 0 rings (SSSR count). The average molecular weight is 270 g/mol. The second kappa shape index (κ2) is 9.82. The Morgan fingerprint density at radius 1 is 1.00 bits per heavy atom. The SMILES string of the molecule is CC(=O)N(CCC(=O)NCCC(C)C)CCC(C)C. The lowest BCUT2D eigenvalue weighted by Gasteiger charge is -2.21. The first-order valence-electron chi connectivity index (χ1n) is 7.35. The molecule has 2 amide bonds. The molecule has 19 heavy (non-hydrogen) atoms. The molecule has 0 aromatic rings. The van der Waals surface area contributed by atoms with Crippen molar-refractivity contribution in [2.24, 2.45) is 11.8 Å². The van der Waals surface area contributed by atoms with Crippen molar-refractivity contribution in [3.63, 3.8) is 0 Å². The van der Waals surface area contributed by atoms with E-state index in [1.54, 1.807) is 11.8 Å². The van der Waals surface area contributed by atoms with E-state index in [2.05, 4.69) is 33.0 Å². The molecule has 0 fully saturated rings. The number of carbonyl (C=O) groups is 2. The fourth-order valence-electron chi connectivity index (χ4n) is 1.67. The van der Waals surface area contributed by atoms with E-state index in [-0.39, 0.29) is 11.8 Å². The van der Waals surface area contributed by atoms with Crippen molar-refractivity contribution in [3.8, 4) is 0 Å². The minimum atomic E-state index is 0.0384. The predicted molar refractivity (Wildman–Crippen MR) is 78.8 cm³/mol. The van der Waals surface area contributed by atoms with Gasteiger partial charge in [0, 0.05) is 33.0 Å².